The van der Waals surface area contributed by atoms with Crippen molar-refractivity contribution in [1.29, 1.82) is 0 Å². The third-order valence-corrected chi connectivity index (χ3v) is 20.0. The number of rotatable bonds is 73. The van der Waals surface area contributed by atoms with Crippen LogP contribution in [0.5, 0.6) is 0 Å². The summed E-state index contributed by atoms with van der Waals surface area (Å²) in [5.41, 5.74) is 0. The van der Waals surface area contributed by atoms with Gasteiger partial charge in [0.05, 0.1) is 25.4 Å². The predicted octanol–water partition coefficient (Wildman–Crippen LogP) is 22.8. The van der Waals surface area contributed by atoms with E-state index >= 15 is 0 Å². The molecule has 526 valence electrons. The molecule has 7 atom stereocenters. The van der Waals surface area contributed by atoms with Gasteiger partial charge < -0.3 is 40.3 Å². The highest BCUT2D eigenvalue weighted by molar-refractivity contribution is 5.76. The summed E-state index contributed by atoms with van der Waals surface area (Å²) in [6, 6.07) is -0.716. The smallest absolute Gasteiger partial charge is 0.220 e. The van der Waals surface area contributed by atoms with Gasteiger partial charge in [-0.05, 0) is 12.8 Å². The minimum Gasteiger partial charge on any atom is -0.394 e. The number of hydrogen-bond donors (Lipinski definition) is 6. The van der Waals surface area contributed by atoms with Crippen LogP contribution in [0.1, 0.15) is 444 Å². The number of nitrogens with one attached hydrogen (secondary N) is 1. The van der Waals surface area contributed by atoms with Crippen LogP contribution in [0.3, 0.4) is 0 Å². The largest absolute Gasteiger partial charge is 0.394 e. The van der Waals surface area contributed by atoms with Crippen molar-refractivity contribution in [1.82, 2.24) is 5.32 Å². The van der Waals surface area contributed by atoms with Gasteiger partial charge in [-0.3, -0.25) is 4.79 Å². The third kappa shape index (κ3) is 56.7. The highest BCUT2D eigenvalue weighted by Gasteiger charge is 2.44. The van der Waals surface area contributed by atoms with Crippen LogP contribution in [0.15, 0.2) is 0 Å². The van der Waals surface area contributed by atoms with Crippen LogP contribution in [0.4, 0.5) is 0 Å². The van der Waals surface area contributed by atoms with E-state index in [-0.39, 0.29) is 12.5 Å². The van der Waals surface area contributed by atoms with Gasteiger partial charge in [0.15, 0.2) is 6.29 Å². The van der Waals surface area contributed by atoms with Gasteiger partial charge >= 0.3 is 0 Å². The maximum absolute atomic E-state index is 13.2. The van der Waals surface area contributed by atoms with E-state index in [1.165, 1.54) is 379 Å². The second-order valence-electron chi connectivity index (χ2n) is 28.6. The van der Waals surface area contributed by atoms with E-state index in [9.17, 15) is 30.3 Å². The fraction of sp³-hybridized carbons (Fsp3) is 0.987. The summed E-state index contributed by atoms with van der Waals surface area (Å²) in [4.78, 5) is 13.2. The minimum atomic E-state index is -1.55. The Morgan fingerprint density at radius 3 is 0.807 bits per heavy atom. The molecule has 9 heteroatoms. The van der Waals surface area contributed by atoms with Crippen molar-refractivity contribution in [2.24, 2.45) is 0 Å². The lowest BCUT2D eigenvalue weighted by Gasteiger charge is -2.40. The van der Waals surface area contributed by atoms with Crippen molar-refractivity contribution in [3.63, 3.8) is 0 Å². The lowest BCUT2D eigenvalue weighted by Crippen LogP contribution is -2.60. The van der Waals surface area contributed by atoms with Crippen LogP contribution in [0.2, 0.25) is 0 Å². The van der Waals surface area contributed by atoms with Crippen molar-refractivity contribution in [3.05, 3.63) is 0 Å². The van der Waals surface area contributed by atoms with E-state index in [1.54, 1.807) is 0 Å². The monoisotopic (exact) mass is 1250 g/mol. The molecule has 9 nitrogen and oxygen atoms in total. The van der Waals surface area contributed by atoms with Gasteiger partial charge in [0, 0.05) is 6.42 Å². The Bertz CT molecular complexity index is 1350. The Balaban J connectivity index is 2.01. The van der Waals surface area contributed by atoms with Crippen LogP contribution in [0, 0.1) is 0 Å². The molecule has 0 aromatic heterocycles. The molecule has 1 aliphatic rings. The highest BCUT2D eigenvalue weighted by Crippen LogP contribution is 2.25. The predicted molar refractivity (Wildman–Crippen MR) is 378 cm³/mol. The first-order valence-electron chi connectivity index (χ1n) is 40.2. The van der Waals surface area contributed by atoms with Gasteiger partial charge in [-0.2, -0.15) is 0 Å². The van der Waals surface area contributed by atoms with Crippen molar-refractivity contribution in [2.45, 2.75) is 487 Å². The quantitative estimate of drug-likeness (QED) is 0.0330. The Kier molecular flexibility index (Phi) is 66.8. The van der Waals surface area contributed by atoms with Gasteiger partial charge in [-0.15, -0.1) is 0 Å². The molecule has 7 unspecified atom stereocenters. The second-order valence-corrected chi connectivity index (χ2v) is 28.6. The molecule has 0 spiro atoms. The second kappa shape index (κ2) is 69.0. The zero-order valence-electron chi connectivity index (χ0n) is 59.3. The SMILES string of the molecule is CCCCCCCCCCCCCCCCCCCCCCCCCCCCCCCCCCCCCCCCCCC(=O)NC(COC1OC(CO)C(O)C(O)C1O)C(O)CCCCCCCCCCCCCCCCCCCCCCCCCCC. The van der Waals surface area contributed by atoms with E-state index in [0.29, 0.717) is 12.8 Å². The molecule has 1 heterocycles. The van der Waals surface area contributed by atoms with E-state index < -0.39 is 49.5 Å². The summed E-state index contributed by atoms with van der Waals surface area (Å²) in [6.45, 7) is 3.92. The molecule has 0 aliphatic carbocycles. The number of carbonyl (C=O) groups is 1. The summed E-state index contributed by atoms with van der Waals surface area (Å²) in [7, 11) is 0. The Hall–Kier alpha value is -0.810. The molecule has 1 amide bonds. The Morgan fingerprint density at radius 2 is 0.568 bits per heavy atom. The molecule has 1 aliphatic heterocycles. The normalized spacial score (nSPS) is 17.7. The molecule has 0 aromatic carbocycles. The molecule has 1 rings (SSSR count). The van der Waals surface area contributed by atoms with Crippen molar-refractivity contribution < 1.29 is 39.8 Å². The lowest BCUT2D eigenvalue weighted by atomic mass is 9.99. The molecular formula is C79H157NO8. The van der Waals surface area contributed by atoms with Gasteiger partial charge in [-0.25, -0.2) is 0 Å². The molecule has 1 saturated heterocycles. The number of amides is 1. The van der Waals surface area contributed by atoms with Crippen LogP contribution >= 0.6 is 0 Å². The maximum Gasteiger partial charge on any atom is 0.220 e. The molecule has 0 aromatic rings. The van der Waals surface area contributed by atoms with E-state index in [1.807, 2.05) is 0 Å². The number of carbonyl (C=O) groups excluding carboxylic acids is 1. The molecule has 1 fully saturated rings. The third-order valence-electron chi connectivity index (χ3n) is 20.0. The molecule has 88 heavy (non-hydrogen) atoms. The number of aliphatic hydroxyl groups is 5. The minimum absolute atomic E-state index is 0.130. The average molecular weight is 1250 g/mol. The fourth-order valence-electron chi connectivity index (χ4n) is 13.7. The van der Waals surface area contributed by atoms with Crippen LogP contribution in [-0.4, -0.2) is 87.5 Å². The van der Waals surface area contributed by atoms with Gasteiger partial charge in [0.2, 0.25) is 5.91 Å². The fourth-order valence-corrected chi connectivity index (χ4v) is 13.7. The molecular weight excluding hydrogens is 1090 g/mol. The molecule has 0 radical (unpaired) electrons. The topological polar surface area (TPSA) is 149 Å². The number of unbranched alkanes of at least 4 members (excludes halogenated alkanes) is 63. The number of hydrogen-bond acceptors (Lipinski definition) is 8. The standard InChI is InChI=1S/C79H157NO8/c1-3-5-7-9-11-13-15-17-19-21-23-25-27-29-30-31-32-33-34-35-36-37-38-39-40-41-42-43-45-47-49-51-53-55-57-59-61-63-65-67-69-75(83)80-72(71-87-79-78(86)77(85)76(84)74(70-81)88-79)73(82)68-66-64-62-60-58-56-54-52-50-48-46-44-28-26-24-22-20-18-16-14-12-10-8-6-4-2/h72-74,76-79,81-82,84-86H,3-71H2,1-2H3,(H,80,83). The van der Waals surface area contributed by atoms with Crippen LogP contribution in [0.25, 0.3) is 0 Å². The van der Waals surface area contributed by atoms with E-state index in [0.717, 1.165) is 38.5 Å². The molecule has 6 N–H and O–H groups in total. The highest BCUT2D eigenvalue weighted by atomic mass is 16.7. The van der Waals surface area contributed by atoms with Crippen LogP contribution < -0.4 is 5.32 Å². The molecule has 0 saturated carbocycles. The van der Waals surface area contributed by atoms with E-state index in [2.05, 4.69) is 19.2 Å². The summed E-state index contributed by atoms with van der Waals surface area (Å²) < 4.78 is 11.4. The zero-order valence-corrected chi connectivity index (χ0v) is 59.3. The van der Waals surface area contributed by atoms with Crippen LogP contribution in [-0.2, 0) is 14.3 Å². The maximum atomic E-state index is 13.2. The van der Waals surface area contributed by atoms with Gasteiger partial charge in [0.25, 0.3) is 0 Å². The summed E-state index contributed by atoms with van der Waals surface area (Å²) >= 11 is 0. The summed E-state index contributed by atoms with van der Waals surface area (Å²) in [6.07, 6.45) is 82.3. The number of ether oxygens (including phenoxy) is 2. The van der Waals surface area contributed by atoms with Crippen molar-refractivity contribution >= 4 is 5.91 Å². The average Bonchev–Trinajstić information content (AvgIpc) is 3.70. The first-order valence-corrected chi connectivity index (χ1v) is 40.2. The summed E-state index contributed by atoms with van der Waals surface area (Å²) in [5.74, 6) is -0.132. The van der Waals surface area contributed by atoms with Gasteiger partial charge in [0.1, 0.15) is 24.4 Å². The molecule has 0 bridgehead atoms. The number of aliphatic hydroxyl groups excluding tert-OH is 5. The summed E-state index contributed by atoms with van der Waals surface area (Å²) in [5, 5.41) is 55.1. The van der Waals surface area contributed by atoms with E-state index in [4.69, 9.17) is 9.47 Å². The lowest BCUT2D eigenvalue weighted by molar-refractivity contribution is -0.302. The zero-order chi connectivity index (χ0) is 63.5. The van der Waals surface area contributed by atoms with Crippen molar-refractivity contribution in [3.8, 4) is 0 Å². The first-order chi connectivity index (χ1) is 43.3. The van der Waals surface area contributed by atoms with Crippen molar-refractivity contribution in [2.75, 3.05) is 13.2 Å². The Labute approximate surface area is 548 Å². The Morgan fingerprint density at radius 1 is 0.341 bits per heavy atom. The first kappa shape index (κ1) is 85.2. The van der Waals surface area contributed by atoms with Gasteiger partial charge in [-0.1, -0.05) is 425 Å².